The zero-order valence-electron chi connectivity index (χ0n) is 12.7. The average molecular weight is 279 g/mol. The topological polar surface area (TPSA) is 41.9 Å². The Labute approximate surface area is 121 Å². The Morgan fingerprint density at radius 2 is 2.10 bits per heavy atom. The molecule has 0 aliphatic carbocycles. The van der Waals surface area contributed by atoms with Crippen LogP contribution in [0.15, 0.2) is 18.2 Å². The smallest absolute Gasteiger partial charge is 0.165 e. The standard InChI is InChI=1S/C16H25NO3/c1-16(12-18)8-5-9-17(11-16)10-13-6-4-7-14(19-2)15(13)20-3/h4,6-7,18H,5,8-12H2,1-3H3. The lowest BCUT2D eigenvalue weighted by Gasteiger charge is -2.39. The number of para-hydroxylation sites is 1. The van der Waals surface area contributed by atoms with Crippen LogP contribution in [0.5, 0.6) is 11.5 Å². The normalized spacial score (nSPS) is 23.6. The van der Waals surface area contributed by atoms with Crippen LogP contribution in [-0.2, 0) is 6.54 Å². The minimum atomic E-state index is 0.0182. The molecule has 1 unspecified atom stereocenters. The predicted octanol–water partition coefficient (Wildman–Crippen LogP) is 2.30. The zero-order chi connectivity index (χ0) is 14.6. The molecule has 4 nitrogen and oxygen atoms in total. The summed E-state index contributed by atoms with van der Waals surface area (Å²) < 4.78 is 10.8. The van der Waals surface area contributed by atoms with E-state index in [0.717, 1.165) is 49.5 Å². The fourth-order valence-corrected chi connectivity index (χ4v) is 3.01. The first kappa shape index (κ1) is 15.1. The van der Waals surface area contributed by atoms with E-state index in [0.29, 0.717) is 0 Å². The van der Waals surface area contributed by atoms with Crippen LogP contribution in [0.1, 0.15) is 25.3 Å². The number of rotatable bonds is 5. The number of hydrogen-bond acceptors (Lipinski definition) is 4. The maximum absolute atomic E-state index is 9.55. The van der Waals surface area contributed by atoms with Crippen molar-refractivity contribution in [2.24, 2.45) is 5.41 Å². The molecule has 2 rings (SSSR count). The third-order valence-electron chi connectivity index (χ3n) is 4.12. The van der Waals surface area contributed by atoms with Crippen molar-refractivity contribution < 1.29 is 14.6 Å². The second-order valence-corrected chi connectivity index (χ2v) is 5.94. The lowest BCUT2D eigenvalue weighted by atomic mass is 9.82. The molecule has 112 valence electrons. The van der Waals surface area contributed by atoms with Crippen LogP contribution in [0.4, 0.5) is 0 Å². The lowest BCUT2D eigenvalue weighted by Crippen LogP contribution is -2.43. The van der Waals surface area contributed by atoms with E-state index in [9.17, 15) is 5.11 Å². The van der Waals surface area contributed by atoms with E-state index >= 15 is 0 Å². The van der Waals surface area contributed by atoms with E-state index in [1.54, 1.807) is 14.2 Å². The maximum Gasteiger partial charge on any atom is 0.165 e. The molecule has 1 aromatic carbocycles. The highest BCUT2D eigenvalue weighted by Gasteiger charge is 2.30. The molecule has 1 heterocycles. The van der Waals surface area contributed by atoms with Gasteiger partial charge in [0.25, 0.3) is 0 Å². The summed E-state index contributed by atoms with van der Waals surface area (Å²) in [5.41, 5.74) is 1.15. The molecule has 1 fully saturated rings. The number of nitrogens with zero attached hydrogens (tertiary/aromatic N) is 1. The van der Waals surface area contributed by atoms with E-state index in [1.165, 1.54) is 0 Å². The van der Waals surface area contributed by atoms with Crippen molar-refractivity contribution >= 4 is 0 Å². The molecule has 1 N–H and O–H groups in total. The molecule has 0 radical (unpaired) electrons. The molecule has 20 heavy (non-hydrogen) atoms. The summed E-state index contributed by atoms with van der Waals surface area (Å²) >= 11 is 0. The number of ether oxygens (including phenoxy) is 2. The van der Waals surface area contributed by atoms with Gasteiger partial charge in [-0.15, -0.1) is 0 Å². The molecule has 1 aromatic rings. The second-order valence-electron chi connectivity index (χ2n) is 5.94. The van der Waals surface area contributed by atoms with Gasteiger partial charge in [-0.1, -0.05) is 19.1 Å². The molecule has 1 aliphatic heterocycles. The van der Waals surface area contributed by atoms with Gasteiger partial charge < -0.3 is 14.6 Å². The molecule has 0 amide bonds. The van der Waals surface area contributed by atoms with Gasteiger partial charge >= 0.3 is 0 Å². The predicted molar refractivity (Wildman–Crippen MR) is 79.2 cm³/mol. The van der Waals surface area contributed by atoms with Gasteiger partial charge in [-0.25, -0.2) is 0 Å². The second kappa shape index (κ2) is 6.46. The molecule has 0 spiro atoms. The highest BCUT2D eigenvalue weighted by atomic mass is 16.5. The van der Waals surface area contributed by atoms with Gasteiger partial charge in [-0.05, 0) is 25.5 Å². The molecule has 4 heteroatoms. The fraction of sp³-hybridized carbons (Fsp3) is 0.625. The Hall–Kier alpha value is -1.26. The molecule has 1 aliphatic rings. The lowest BCUT2D eigenvalue weighted by molar-refractivity contribution is 0.0425. The molecule has 0 bridgehead atoms. The van der Waals surface area contributed by atoms with E-state index in [4.69, 9.17) is 9.47 Å². The third kappa shape index (κ3) is 3.25. The Bertz CT molecular complexity index is 449. The van der Waals surface area contributed by atoms with Crippen LogP contribution in [0.3, 0.4) is 0 Å². The SMILES string of the molecule is COc1cccc(CN2CCCC(C)(CO)C2)c1OC. The van der Waals surface area contributed by atoms with Crippen LogP contribution in [0, 0.1) is 5.41 Å². The van der Waals surface area contributed by atoms with Crippen molar-refractivity contribution in [3.63, 3.8) is 0 Å². The quantitative estimate of drug-likeness (QED) is 0.898. The fourth-order valence-electron chi connectivity index (χ4n) is 3.01. The van der Waals surface area contributed by atoms with E-state index in [1.807, 2.05) is 12.1 Å². The van der Waals surface area contributed by atoms with Gasteiger partial charge in [-0.2, -0.15) is 0 Å². The van der Waals surface area contributed by atoms with Gasteiger partial charge in [0.2, 0.25) is 0 Å². The summed E-state index contributed by atoms with van der Waals surface area (Å²) in [6, 6.07) is 5.98. The van der Waals surface area contributed by atoms with Crippen molar-refractivity contribution in [3.8, 4) is 11.5 Å². The van der Waals surface area contributed by atoms with E-state index < -0.39 is 0 Å². The van der Waals surface area contributed by atoms with Crippen LogP contribution < -0.4 is 9.47 Å². The molecular formula is C16H25NO3. The highest BCUT2D eigenvalue weighted by molar-refractivity contribution is 5.46. The number of hydrogen-bond donors (Lipinski definition) is 1. The summed E-state index contributed by atoms with van der Waals surface area (Å²) in [6.07, 6.45) is 2.22. The average Bonchev–Trinajstić information content (AvgIpc) is 2.47. The third-order valence-corrected chi connectivity index (χ3v) is 4.12. The number of aliphatic hydroxyl groups excluding tert-OH is 1. The molecular weight excluding hydrogens is 254 g/mol. The van der Waals surface area contributed by atoms with Gasteiger partial charge in [0, 0.05) is 30.7 Å². The summed E-state index contributed by atoms with van der Waals surface area (Å²) in [7, 11) is 3.33. The first-order chi connectivity index (χ1) is 9.61. The largest absolute Gasteiger partial charge is 0.493 e. The number of likely N-dealkylation sites (tertiary alicyclic amines) is 1. The van der Waals surface area contributed by atoms with Gasteiger partial charge in [0.05, 0.1) is 14.2 Å². The number of benzene rings is 1. The molecule has 1 atom stereocenters. The zero-order valence-corrected chi connectivity index (χ0v) is 12.7. The molecule has 1 saturated heterocycles. The first-order valence-electron chi connectivity index (χ1n) is 7.15. The van der Waals surface area contributed by atoms with Gasteiger partial charge in [0.1, 0.15) is 0 Å². The van der Waals surface area contributed by atoms with Crippen molar-refractivity contribution in [2.75, 3.05) is 33.9 Å². The Morgan fingerprint density at radius 3 is 2.75 bits per heavy atom. The van der Waals surface area contributed by atoms with Crippen LogP contribution in [0.2, 0.25) is 0 Å². The Kier molecular flexibility index (Phi) is 4.89. The number of piperidine rings is 1. The summed E-state index contributed by atoms with van der Waals surface area (Å²) in [5.74, 6) is 1.58. The maximum atomic E-state index is 9.55. The number of methoxy groups -OCH3 is 2. The minimum Gasteiger partial charge on any atom is -0.493 e. The van der Waals surface area contributed by atoms with E-state index in [-0.39, 0.29) is 12.0 Å². The van der Waals surface area contributed by atoms with Gasteiger partial charge in [-0.3, -0.25) is 4.90 Å². The molecule has 0 aromatic heterocycles. The summed E-state index contributed by atoms with van der Waals surface area (Å²) in [6.45, 7) is 5.22. The van der Waals surface area contributed by atoms with Gasteiger partial charge in [0.15, 0.2) is 11.5 Å². The highest BCUT2D eigenvalue weighted by Crippen LogP contribution is 2.34. The Morgan fingerprint density at radius 1 is 1.30 bits per heavy atom. The van der Waals surface area contributed by atoms with Crippen molar-refractivity contribution in [1.29, 1.82) is 0 Å². The van der Waals surface area contributed by atoms with Crippen molar-refractivity contribution in [3.05, 3.63) is 23.8 Å². The van der Waals surface area contributed by atoms with E-state index in [2.05, 4.69) is 17.9 Å². The first-order valence-corrected chi connectivity index (χ1v) is 7.15. The van der Waals surface area contributed by atoms with Crippen LogP contribution >= 0.6 is 0 Å². The molecule has 0 saturated carbocycles. The van der Waals surface area contributed by atoms with Crippen LogP contribution in [-0.4, -0.2) is 43.9 Å². The Balaban J connectivity index is 2.14. The minimum absolute atomic E-state index is 0.0182. The monoisotopic (exact) mass is 279 g/mol. The van der Waals surface area contributed by atoms with Crippen molar-refractivity contribution in [2.45, 2.75) is 26.3 Å². The summed E-state index contributed by atoms with van der Waals surface area (Å²) in [5, 5.41) is 9.55. The van der Waals surface area contributed by atoms with Crippen LogP contribution in [0.25, 0.3) is 0 Å². The van der Waals surface area contributed by atoms with Crippen molar-refractivity contribution in [1.82, 2.24) is 4.90 Å². The number of aliphatic hydroxyl groups is 1. The summed E-state index contributed by atoms with van der Waals surface area (Å²) in [4.78, 5) is 2.39.